The number of aromatic nitrogens is 2. The number of aryl methyl sites for hydroxylation is 1. The second-order valence-corrected chi connectivity index (χ2v) is 3.12. The van der Waals surface area contributed by atoms with Crippen LogP contribution in [0.25, 0.3) is 0 Å². The first-order valence-electron chi connectivity index (χ1n) is 4.42. The lowest BCUT2D eigenvalue weighted by Gasteiger charge is -2.06. The highest BCUT2D eigenvalue weighted by Crippen LogP contribution is 2.13. The van der Waals surface area contributed by atoms with Crippen LogP contribution in [-0.2, 0) is 7.05 Å². The van der Waals surface area contributed by atoms with Gasteiger partial charge in [-0.3, -0.25) is 4.68 Å². The maximum Gasteiger partial charge on any atom is 0.0791 e. The van der Waals surface area contributed by atoms with E-state index in [1.165, 1.54) is 0 Å². The minimum Gasteiger partial charge on any atom is -0.323 e. The van der Waals surface area contributed by atoms with Gasteiger partial charge in [-0.2, -0.15) is 5.10 Å². The van der Waals surface area contributed by atoms with Crippen molar-refractivity contribution in [2.75, 3.05) is 0 Å². The molecule has 1 rings (SSSR count). The molecule has 0 radical (unpaired) electrons. The highest BCUT2D eigenvalue weighted by atomic mass is 15.3. The summed E-state index contributed by atoms with van der Waals surface area (Å²) < 4.78 is 1.76. The van der Waals surface area contributed by atoms with Crippen LogP contribution in [0.1, 0.15) is 31.0 Å². The predicted octanol–water partition coefficient (Wildman–Crippen LogP) is 1.22. The highest BCUT2D eigenvalue weighted by molar-refractivity contribution is 5.04. The Bertz CT molecular complexity index is 295. The molecule has 0 aliphatic heterocycles. The Morgan fingerprint density at radius 3 is 3.08 bits per heavy atom. The number of rotatable bonds is 4. The van der Waals surface area contributed by atoms with Crippen molar-refractivity contribution in [3.05, 3.63) is 18.0 Å². The molecule has 1 aromatic heterocycles. The molecule has 0 aromatic carbocycles. The third-order valence-electron chi connectivity index (χ3n) is 1.95. The smallest absolute Gasteiger partial charge is 0.0791 e. The molecule has 0 fully saturated rings. The van der Waals surface area contributed by atoms with E-state index < -0.39 is 0 Å². The van der Waals surface area contributed by atoms with Crippen molar-refractivity contribution in [1.29, 1.82) is 0 Å². The topological polar surface area (TPSA) is 43.8 Å². The molecule has 3 heteroatoms. The van der Waals surface area contributed by atoms with Gasteiger partial charge in [0, 0.05) is 25.7 Å². The molecule has 70 valence electrons. The normalized spacial score (nSPS) is 12.4. The van der Waals surface area contributed by atoms with Gasteiger partial charge in [-0.15, -0.1) is 12.3 Å². The average Bonchev–Trinajstić information content (AvgIpc) is 2.52. The first-order chi connectivity index (χ1) is 6.24. The number of hydrogen-bond acceptors (Lipinski definition) is 2. The summed E-state index contributed by atoms with van der Waals surface area (Å²) in [5, 5.41) is 4.23. The fourth-order valence-electron chi connectivity index (χ4n) is 1.20. The Kier molecular flexibility index (Phi) is 3.53. The van der Waals surface area contributed by atoms with Gasteiger partial charge < -0.3 is 5.73 Å². The molecule has 1 heterocycles. The fourth-order valence-corrected chi connectivity index (χ4v) is 1.20. The summed E-state index contributed by atoms with van der Waals surface area (Å²) in [5.74, 6) is 2.60. The molecule has 0 amide bonds. The number of unbranched alkanes of at least 4 members (excludes halogenated alkanes) is 1. The second kappa shape index (κ2) is 4.68. The summed E-state index contributed by atoms with van der Waals surface area (Å²) in [7, 11) is 1.89. The van der Waals surface area contributed by atoms with Crippen molar-refractivity contribution in [3.63, 3.8) is 0 Å². The van der Waals surface area contributed by atoms with E-state index in [0.29, 0.717) is 0 Å². The molecule has 0 bridgehead atoms. The Balaban J connectivity index is 2.40. The van der Waals surface area contributed by atoms with Gasteiger partial charge in [0.05, 0.1) is 5.69 Å². The van der Waals surface area contributed by atoms with Crippen LogP contribution < -0.4 is 5.73 Å². The summed E-state index contributed by atoms with van der Waals surface area (Å²) in [6.07, 6.45) is 9.71. The molecule has 1 atom stereocenters. The van der Waals surface area contributed by atoms with Gasteiger partial charge >= 0.3 is 0 Å². The monoisotopic (exact) mass is 177 g/mol. The molecule has 1 aromatic rings. The third-order valence-corrected chi connectivity index (χ3v) is 1.95. The van der Waals surface area contributed by atoms with Gasteiger partial charge in [0.25, 0.3) is 0 Å². The first-order valence-corrected chi connectivity index (χ1v) is 4.42. The van der Waals surface area contributed by atoms with Gasteiger partial charge in [-0.1, -0.05) is 0 Å². The molecule has 0 saturated heterocycles. The maximum atomic E-state index is 5.90. The Morgan fingerprint density at radius 1 is 1.77 bits per heavy atom. The lowest BCUT2D eigenvalue weighted by molar-refractivity contribution is 0.591. The number of nitrogens with two attached hydrogens (primary N) is 1. The van der Waals surface area contributed by atoms with Crippen LogP contribution in [0, 0.1) is 12.3 Å². The van der Waals surface area contributed by atoms with E-state index in [0.717, 1.165) is 25.0 Å². The van der Waals surface area contributed by atoms with Crippen LogP contribution in [-0.4, -0.2) is 9.78 Å². The summed E-state index contributed by atoms with van der Waals surface area (Å²) in [6.45, 7) is 0. The molecule has 0 aliphatic carbocycles. The number of hydrogen-bond donors (Lipinski definition) is 1. The standard InChI is InChI=1S/C10H15N3/c1-3-4-5-6-9(11)10-7-8-13(2)12-10/h1,7-9H,4-6,11H2,2H3. The minimum absolute atomic E-state index is 0.0227. The summed E-state index contributed by atoms with van der Waals surface area (Å²) >= 11 is 0. The van der Waals surface area contributed by atoms with Crippen molar-refractivity contribution >= 4 is 0 Å². The third kappa shape index (κ3) is 2.92. The molecule has 3 nitrogen and oxygen atoms in total. The Hall–Kier alpha value is -1.27. The van der Waals surface area contributed by atoms with E-state index in [2.05, 4.69) is 11.0 Å². The van der Waals surface area contributed by atoms with Crippen LogP contribution in [0.5, 0.6) is 0 Å². The van der Waals surface area contributed by atoms with Crippen molar-refractivity contribution < 1.29 is 0 Å². The fraction of sp³-hybridized carbons (Fsp3) is 0.500. The van der Waals surface area contributed by atoms with Crippen molar-refractivity contribution in [1.82, 2.24) is 9.78 Å². The van der Waals surface area contributed by atoms with Crippen molar-refractivity contribution in [2.45, 2.75) is 25.3 Å². The molecule has 1 unspecified atom stereocenters. The van der Waals surface area contributed by atoms with Gasteiger partial charge in [0.2, 0.25) is 0 Å². The zero-order chi connectivity index (χ0) is 9.68. The minimum atomic E-state index is 0.0227. The van der Waals surface area contributed by atoms with E-state index in [1.54, 1.807) is 4.68 Å². The quantitative estimate of drug-likeness (QED) is 0.555. The summed E-state index contributed by atoms with van der Waals surface area (Å²) in [4.78, 5) is 0. The van der Waals surface area contributed by atoms with E-state index in [9.17, 15) is 0 Å². The van der Waals surface area contributed by atoms with E-state index >= 15 is 0 Å². The highest BCUT2D eigenvalue weighted by Gasteiger charge is 2.07. The van der Waals surface area contributed by atoms with E-state index in [4.69, 9.17) is 12.2 Å². The summed E-state index contributed by atoms with van der Waals surface area (Å²) in [6, 6.07) is 1.97. The van der Waals surface area contributed by atoms with Crippen LogP contribution in [0.3, 0.4) is 0 Å². The van der Waals surface area contributed by atoms with E-state index in [1.807, 2.05) is 19.3 Å². The zero-order valence-electron chi connectivity index (χ0n) is 7.90. The van der Waals surface area contributed by atoms with E-state index in [-0.39, 0.29) is 6.04 Å². The number of terminal acetylenes is 1. The van der Waals surface area contributed by atoms with Gasteiger partial charge in [0.1, 0.15) is 0 Å². The molecule has 2 N–H and O–H groups in total. The Morgan fingerprint density at radius 2 is 2.54 bits per heavy atom. The lowest BCUT2D eigenvalue weighted by atomic mass is 10.1. The lowest BCUT2D eigenvalue weighted by Crippen LogP contribution is -2.11. The molecule has 13 heavy (non-hydrogen) atoms. The van der Waals surface area contributed by atoms with Crippen LogP contribution in [0.4, 0.5) is 0 Å². The zero-order valence-corrected chi connectivity index (χ0v) is 7.90. The Labute approximate surface area is 78.9 Å². The first kappa shape index (κ1) is 9.82. The number of nitrogens with zero attached hydrogens (tertiary/aromatic N) is 2. The SMILES string of the molecule is C#CCCCC(N)c1ccn(C)n1. The van der Waals surface area contributed by atoms with Crippen molar-refractivity contribution in [3.8, 4) is 12.3 Å². The molecule has 0 saturated carbocycles. The van der Waals surface area contributed by atoms with Crippen molar-refractivity contribution in [2.24, 2.45) is 12.8 Å². The molecule has 0 aliphatic rings. The van der Waals surface area contributed by atoms with Gasteiger partial charge in [-0.25, -0.2) is 0 Å². The second-order valence-electron chi connectivity index (χ2n) is 3.12. The van der Waals surface area contributed by atoms with Crippen LogP contribution in [0.2, 0.25) is 0 Å². The van der Waals surface area contributed by atoms with Gasteiger partial charge in [0.15, 0.2) is 0 Å². The summed E-state index contributed by atoms with van der Waals surface area (Å²) in [5.41, 5.74) is 6.85. The largest absolute Gasteiger partial charge is 0.323 e. The molecular weight excluding hydrogens is 162 g/mol. The molecule has 0 spiro atoms. The predicted molar refractivity (Wildman–Crippen MR) is 52.8 cm³/mol. The van der Waals surface area contributed by atoms with Gasteiger partial charge in [-0.05, 0) is 18.9 Å². The van der Waals surface area contributed by atoms with Crippen LogP contribution in [0.15, 0.2) is 12.3 Å². The average molecular weight is 177 g/mol. The maximum absolute atomic E-state index is 5.90. The molecular formula is C10H15N3. The van der Waals surface area contributed by atoms with Crippen LogP contribution >= 0.6 is 0 Å².